The maximum Gasteiger partial charge on any atom is 0.306 e. The Morgan fingerprint density at radius 1 is 1.17 bits per heavy atom. The predicted octanol–water partition coefficient (Wildman–Crippen LogP) is 3.58. The Kier molecular flexibility index (Phi) is 8.06. The molecule has 0 unspecified atom stereocenters. The van der Waals surface area contributed by atoms with Crippen molar-refractivity contribution >= 4 is 5.97 Å². The first-order valence-corrected chi connectivity index (χ1v) is 7.61. The summed E-state index contributed by atoms with van der Waals surface area (Å²) in [5, 5.41) is 9.86. The van der Waals surface area contributed by atoms with Crippen molar-refractivity contribution in [1.29, 1.82) is 0 Å². The molecule has 0 aliphatic carbocycles. The molecule has 0 amide bonds. The summed E-state index contributed by atoms with van der Waals surface area (Å²) in [4.78, 5) is 10.9. The van der Waals surface area contributed by atoms with E-state index in [0.717, 1.165) is 12.8 Å². The molecular formula is C15H28O3. The van der Waals surface area contributed by atoms with Gasteiger partial charge in [-0.25, -0.2) is 0 Å². The van der Waals surface area contributed by atoms with Crippen LogP contribution in [0.5, 0.6) is 0 Å². The molecule has 1 aliphatic heterocycles. The topological polar surface area (TPSA) is 46.5 Å². The van der Waals surface area contributed by atoms with Gasteiger partial charge in [-0.05, 0) is 12.8 Å². The number of esters is 1. The lowest BCUT2D eigenvalue weighted by atomic mass is 10.0. The number of cyclic esters (lactones) is 1. The molecule has 1 fully saturated rings. The summed E-state index contributed by atoms with van der Waals surface area (Å²) < 4.78 is 5.06. The standard InChI is InChI=1S/C15H28O3/c1-2-3-4-5-6-7-8-9-10-13(16)14-11-12-15(17)18-14/h13-14,16H,2-12H2,1H3/t13-,14-/m0/s1. The number of unbranched alkanes of at least 4 members (excludes halogenated alkanes) is 7. The lowest BCUT2D eigenvalue weighted by molar-refractivity contribution is -0.145. The summed E-state index contributed by atoms with van der Waals surface area (Å²) in [6.45, 7) is 2.23. The SMILES string of the molecule is CCCCCCCCCC[C@H](O)[C@@H]1CCC(=O)O1. The number of aliphatic hydroxyl groups is 1. The van der Waals surface area contributed by atoms with Crippen LogP contribution in [0.4, 0.5) is 0 Å². The smallest absolute Gasteiger partial charge is 0.306 e. The second-order valence-electron chi connectivity index (χ2n) is 5.40. The summed E-state index contributed by atoms with van der Waals surface area (Å²) in [5.41, 5.74) is 0. The average Bonchev–Trinajstić information content (AvgIpc) is 2.79. The second kappa shape index (κ2) is 9.37. The molecule has 1 saturated heterocycles. The van der Waals surface area contributed by atoms with Gasteiger partial charge in [-0.2, -0.15) is 0 Å². The normalized spacial score (nSPS) is 21.0. The van der Waals surface area contributed by atoms with Gasteiger partial charge in [0.25, 0.3) is 0 Å². The number of aliphatic hydroxyl groups excluding tert-OH is 1. The number of ether oxygens (including phenoxy) is 1. The van der Waals surface area contributed by atoms with E-state index in [4.69, 9.17) is 4.74 Å². The van der Waals surface area contributed by atoms with Gasteiger partial charge < -0.3 is 9.84 Å². The van der Waals surface area contributed by atoms with Gasteiger partial charge in [0.05, 0.1) is 6.10 Å². The van der Waals surface area contributed by atoms with Gasteiger partial charge in [-0.15, -0.1) is 0 Å². The van der Waals surface area contributed by atoms with E-state index in [1.54, 1.807) is 0 Å². The fourth-order valence-electron chi connectivity index (χ4n) is 2.49. The van der Waals surface area contributed by atoms with E-state index < -0.39 is 6.10 Å². The van der Waals surface area contributed by atoms with Crippen LogP contribution < -0.4 is 0 Å². The third-order valence-corrected chi connectivity index (χ3v) is 3.70. The van der Waals surface area contributed by atoms with Crippen molar-refractivity contribution in [3.05, 3.63) is 0 Å². The Labute approximate surface area is 111 Å². The molecule has 18 heavy (non-hydrogen) atoms. The first kappa shape index (κ1) is 15.5. The highest BCUT2D eigenvalue weighted by molar-refractivity contribution is 5.71. The molecule has 0 bridgehead atoms. The number of carbonyl (C=O) groups is 1. The summed E-state index contributed by atoms with van der Waals surface area (Å²) in [7, 11) is 0. The molecule has 0 aromatic heterocycles. The number of hydrogen-bond acceptors (Lipinski definition) is 3. The number of rotatable bonds is 10. The maximum atomic E-state index is 10.9. The molecule has 0 aromatic rings. The molecule has 3 heteroatoms. The van der Waals surface area contributed by atoms with Crippen LogP contribution in [0.15, 0.2) is 0 Å². The first-order valence-electron chi connectivity index (χ1n) is 7.61. The van der Waals surface area contributed by atoms with E-state index in [2.05, 4.69) is 6.92 Å². The van der Waals surface area contributed by atoms with E-state index >= 15 is 0 Å². The Bertz CT molecular complexity index is 228. The monoisotopic (exact) mass is 256 g/mol. The molecule has 1 N–H and O–H groups in total. The van der Waals surface area contributed by atoms with Gasteiger partial charge in [0.15, 0.2) is 0 Å². The Morgan fingerprint density at radius 2 is 1.78 bits per heavy atom. The number of carbonyl (C=O) groups excluding carboxylic acids is 1. The molecule has 1 rings (SSSR count). The second-order valence-corrected chi connectivity index (χ2v) is 5.40. The van der Waals surface area contributed by atoms with E-state index in [1.165, 1.54) is 44.9 Å². The van der Waals surface area contributed by atoms with Crippen LogP contribution in [-0.4, -0.2) is 23.3 Å². The Morgan fingerprint density at radius 3 is 2.33 bits per heavy atom. The van der Waals surface area contributed by atoms with Gasteiger partial charge in [-0.3, -0.25) is 4.79 Å². The fraction of sp³-hybridized carbons (Fsp3) is 0.933. The summed E-state index contributed by atoms with van der Waals surface area (Å²) in [6, 6.07) is 0. The largest absolute Gasteiger partial charge is 0.460 e. The molecule has 1 aliphatic rings. The van der Waals surface area contributed by atoms with Gasteiger partial charge in [0, 0.05) is 6.42 Å². The Hall–Kier alpha value is -0.570. The van der Waals surface area contributed by atoms with Gasteiger partial charge in [0.1, 0.15) is 6.10 Å². The zero-order valence-electron chi connectivity index (χ0n) is 11.7. The molecular weight excluding hydrogens is 228 g/mol. The minimum absolute atomic E-state index is 0.157. The highest BCUT2D eigenvalue weighted by atomic mass is 16.6. The van der Waals surface area contributed by atoms with Crippen LogP contribution in [0, 0.1) is 0 Å². The Balaban J connectivity index is 1.89. The van der Waals surface area contributed by atoms with Crippen LogP contribution in [0.3, 0.4) is 0 Å². The molecule has 0 radical (unpaired) electrons. The minimum Gasteiger partial charge on any atom is -0.460 e. The van der Waals surface area contributed by atoms with Crippen LogP contribution in [0.25, 0.3) is 0 Å². The molecule has 0 saturated carbocycles. The first-order chi connectivity index (χ1) is 8.74. The quantitative estimate of drug-likeness (QED) is 0.480. The van der Waals surface area contributed by atoms with Crippen molar-refractivity contribution in [2.45, 2.75) is 89.8 Å². The summed E-state index contributed by atoms with van der Waals surface area (Å²) >= 11 is 0. The van der Waals surface area contributed by atoms with Crippen LogP contribution in [-0.2, 0) is 9.53 Å². The molecule has 0 spiro atoms. The highest BCUT2D eigenvalue weighted by Crippen LogP contribution is 2.20. The molecule has 106 valence electrons. The van der Waals surface area contributed by atoms with Crippen molar-refractivity contribution in [3.8, 4) is 0 Å². The number of hydrogen-bond donors (Lipinski definition) is 1. The van der Waals surface area contributed by atoms with Crippen molar-refractivity contribution in [2.75, 3.05) is 0 Å². The van der Waals surface area contributed by atoms with E-state index in [1.807, 2.05) is 0 Å². The van der Waals surface area contributed by atoms with Crippen molar-refractivity contribution in [3.63, 3.8) is 0 Å². The zero-order valence-corrected chi connectivity index (χ0v) is 11.7. The van der Waals surface area contributed by atoms with Crippen LogP contribution in [0.1, 0.15) is 77.6 Å². The average molecular weight is 256 g/mol. The van der Waals surface area contributed by atoms with Crippen LogP contribution >= 0.6 is 0 Å². The van der Waals surface area contributed by atoms with Crippen LogP contribution in [0.2, 0.25) is 0 Å². The van der Waals surface area contributed by atoms with Crippen molar-refractivity contribution < 1.29 is 14.6 Å². The van der Waals surface area contributed by atoms with Crippen molar-refractivity contribution in [1.82, 2.24) is 0 Å². The van der Waals surface area contributed by atoms with E-state index in [0.29, 0.717) is 12.8 Å². The lowest BCUT2D eigenvalue weighted by Crippen LogP contribution is -2.25. The molecule has 0 aromatic carbocycles. The predicted molar refractivity (Wildman–Crippen MR) is 72.3 cm³/mol. The van der Waals surface area contributed by atoms with Gasteiger partial charge in [0.2, 0.25) is 0 Å². The molecule has 3 nitrogen and oxygen atoms in total. The van der Waals surface area contributed by atoms with E-state index in [-0.39, 0.29) is 12.1 Å². The van der Waals surface area contributed by atoms with Gasteiger partial charge in [-0.1, -0.05) is 58.3 Å². The highest BCUT2D eigenvalue weighted by Gasteiger charge is 2.29. The van der Waals surface area contributed by atoms with Gasteiger partial charge >= 0.3 is 5.97 Å². The zero-order chi connectivity index (χ0) is 13.2. The summed E-state index contributed by atoms with van der Waals surface area (Å²) in [6.07, 6.45) is 11.4. The lowest BCUT2D eigenvalue weighted by Gasteiger charge is -2.16. The summed E-state index contributed by atoms with van der Waals surface area (Å²) in [5.74, 6) is -0.157. The fourth-order valence-corrected chi connectivity index (χ4v) is 2.49. The third-order valence-electron chi connectivity index (χ3n) is 3.70. The van der Waals surface area contributed by atoms with E-state index in [9.17, 15) is 9.90 Å². The molecule has 1 heterocycles. The molecule has 2 atom stereocenters. The van der Waals surface area contributed by atoms with Crippen molar-refractivity contribution in [2.24, 2.45) is 0 Å². The minimum atomic E-state index is -0.448. The maximum absolute atomic E-state index is 10.9. The third kappa shape index (κ3) is 6.39.